The summed E-state index contributed by atoms with van der Waals surface area (Å²) in [4.78, 5) is 29.4. The van der Waals surface area contributed by atoms with Crippen molar-refractivity contribution in [3.63, 3.8) is 0 Å². The molecule has 0 aliphatic heterocycles. The van der Waals surface area contributed by atoms with Crippen LogP contribution in [0.15, 0.2) is 82.2 Å². The molecule has 1 N–H and O–H groups in total. The molecule has 1 aliphatic rings. The minimum Gasteiger partial charge on any atom is -0.496 e. The summed E-state index contributed by atoms with van der Waals surface area (Å²) in [5.74, 6) is -0.186. The Hall–Kier alpha value is -3.37. The molecule has 1 unspecified atom stereocenters. The lowest BCUT2D eigenvalue weighted by molar-refractivity contribution is -0.140. The maximum absolute atomic E-state index is 14.3. The Morgan fingerprint density at radius 3 is 2.28 bits per heavy atom. The molecule has 0 spiro atoms. The Kier molecular flexibility index (Phi) is 11.3. The number of anilines is 1. The van der Waals surface area contributed by atoms with Crippen LogP contribution in [0.25, 0.3) is 0 Å². The lowest BCUT2D eigenvalue weighted by Crippen LogP contribution is -2.54. The maximum atomic E-state index is 14.3. The number of rotatable bonds is 12. The minimum atomic E-state index is -4.19. The quantitative estimate of drug-likeness (QED) is 0.247. The number of carbonyl (C=O) groups is 2. The van der Waals surface area contributed by atoms with E-state index in [2.05, 4.69) is 21.2 Å². The van der Waals surface area contributed by atoms with Gasteiger partial charge in [-0.3, -0.25) is 13.9 Å². The van der Waals surface area contributed by atoms with E-state index in [-0.39, 0.29) is 23.4 Å². The molecular weight excluding hydrogens is 630 g/mol. The number of ether oxygens (including phenoxy) is 1. The zero-order valence-electron chi connectivity index (χ0n) is 25.0. The second kappa shape index (κ2) is 14.9. The number of aryl methyl sites for hydroxylation is 1. The van der Waals surface area contributed by atoms with E-state index in [0.29, 0.717) is 22.3 Å². The molecule has 8 nitrogen and oxygen atoms in total. The molecule has 1 aliphatic carbocycles. The highest BCUT2D eigenvalue weighted by Gasteiger charge is 2.34. The predicted octanol–water partition coefficient (Wildman–Crippen LogP) is 6.22. The van der Waals surface area contributed by atoms with Crippen molar-refractivity contribution in [2.45, 2.75) is 75.9 Å². The molecule has 43 heavy (non-hydrogen) atoms. The third kappa shape index (κ3) is 8.17. The Labute approximate surface area is 263 Å². The van der Waals surface area contributed by atoms with Gasteiger partial charge >= 0.3 is 0 Å². The lowest BCUT2D eigenvalue weighted by atomic mass is 9.95. The smallest absolute Gasteiger partial charge is 0.264 e. The van der Waals surface area contributed by atoms with Gasteiger partial charge in [-0.15, -0.1) is 0 Å². The molecule has 2 amide bonds. The first kappa shape index (κ1) is 32.5. The number of hydrogen-bond acceptors (Lipinski definition) is 5. The van der Waals surface area contributed by atoms with Crippen LogP contribution in [0.4, 0.5) is 5.69 Å². The normalized spacial score (nSPS) is 14.5. The Morgan fingerprint density at radius 2 is 1.67 bits per heavy atom. The molecule has 0 heterocycles. The Bertz CT molecular complexity index is 1490. The highest BCUT2D eigenvalue weighted by Crippen LogP contribution is 2.31. The molecule has 1 fully saturated rings. The SMILES string of the molecule is CCC(C(=O)NC1CCCCC1)N(Cc1ccccc1)C(=O)CN(c1ccc(C)cc1)S(=O)(=O)c1ccc(OC)c(Br)c1. The van der Waals surface area contributed by atoms with Crippen molar-refractivity contribution in [3.05, 3.63) is 88.4 Å². The van der Waals surface area contributed by atoms with Crippen LogP contribution in [0.3, 0.4) is 0 Å². The van der Waals surface area contributed by atoms with Crippen molar-refractivity contribution in [3.8, 4) is 5.75 Å². The Morgan fingerprint density at radius 1 is 1.00 bits per heavy atom. The van der Waals surface area contributed by atoms with Gasteiger partial charge in [0.2, 0.25) is 11.8 Å². The predicted molar refractivity (Wildman–Crippen MR) is 172 cm³/mol. The van der Waals surface area contributed by atoms with Gasteiger partial charge in [0.15, 0.2) is 0 Å². The first-order chi connectivity index (χ1) is 20.6. The van der Waals surface area contributed by atoms with E-state index in [4.69, 9.17) is 4.74 Å². The van der Waals surface area contributed by atoms with Crippen molar-refractivity contribution in [2.24, 2.45) is 0 Å². The van der Waals surface area contributed by atoms with Crippen LogP contribution in [0.2, 0.25) is 0 Å². The molecular formula is C33H40BrN3O5S. The van der Waals surface area contributed by atoms with Crippen LogP contribution < -0.4 is 14.4 Å². The first-order valence-electron chi connectivity index (χ1n) is 14.7. The number of halogens is 1. The van der Waals surface area contributed by atoms with Crippen LogP contribution in [-0.4, -0.2) is 50.9 Å². The fraction of sp³-hybridized carbons (Fsp3) is 0.394. The summed E-state index contributed by atoms with van der Waals surface area (Å²) in [5.41, 5.74) is 2.16. The van der Waals surface area contributed by atoms with Gasteiger partial charge in [-0.05, 0) is 78.0 Å². The van der Waals surface area contributed by atoms with E-state index in [9.17, 15) is 18.0 Å². The average Bonchev–Trinajstić information content (AvgIpc) is 3.01. The number of benzene rings is 3. The molecule has 0 saturated heterocycles. The molecule has 4 rings (SSSR count). The number of nitrogens with one attached hydrogen (secondary N) is 1. The van der Waals surface area contributed by atoms with Crippen LogP contribution in [-0.2, 0) is 26.2 Å². The third-order valence-corrected chi connectivity index (χ3v) is 10.2. The van der Waals surface area contributed by atoms with E-state index in [0.717, 1.165) is 47.5 Å². The van der Waals surface area contributed by atoms with Crippen LogP contribution >= 0.6 is 15.9 Å². The fourth-order valence-corrected chi connectivity index (χ4v) is 7.55. The molecule has 1 atom stereocenters. The molecule has 10 heteroatoms. The number of nitrogens with zero attached hydrogens (tertiary/aromatic N) is 2. The van der Waals surface area contributed by atoms with Crippen molar-refractivity contribution in [2.75, 3.05) is 18.0 Å². The number of amides is 2. The van der Waals surface area contributed by atoms with E-state index < -0.39 is 28.5 Å². The zero-order valence-corrected chi connectivity index (χ0v) is 27.4. The van der Waals surface area contributed by atoms with Gasteiger partial charge in [0.1, 0.15) is 18.3 Å². The van der Waals surface area contributed by atoms with E-state index in [1.807, 2.05) is 44.2 Å². The lowest BCUT2D eigenvalue weighted by Gasteiger charge is -2.34. The monoisotopic (exact) mass is 669 g/mol. The van der Waals surface area contributed by atoms with Crippen molar-refractivity contribution in [1.29, 1.82) is 0 Å². The summed E-state index contributed by atoms with van der Waals surface area (Å²) in [6, 6.07) is 20.3. The van der Waals surface area contributed by atoms with Gasteiger partial charge in [0.05, 0.1) is 22.2 Å². The molecule has 0 radical (unpaired) electrons. The minimum absolute atomic E-state index is 0.00485. The average molecular weight is 671 g/mol. The first-order valence-corrected chi connectivity index (χ1v) is 16.9. The summed E-state index contributed by atoms with van der Waals surface area (Å²) in [6.07, 6.45) is 5.53. The number of carbonyl (C=O) groups excluding carboxylic acids is 2. The standard InChI is InChI=1S/C33H40BrN3O5S/c1-4-30(33(39)35-26-13-9-6-10-14-26)36(22-25-11-7-5-8-12-25)32(38)23-37(27-17-15-24(2)16-18-27)43(40,41)28-19-20-31(42-3)29(34)21-28/h5,7-8,11-12,15-21,26,30H,4,6,9-10,13-14,22-23H2,1-3H3,(H,35,39). The molecule has 0 aromatic heterocycles. The van der Waals surface area contributed by atoms with Gasteiger partial charge < -0.3 is 15.0 Å². The van der Waals surface area contributed by atoms with Gasteiger partial charge in [0.25, 0.3) is 10.0 Å². The second-order valence-corrected chi connectivity index (χ2v) is 13.6. The summed E-state index contributed by atoms with van der Waals surface area (Å²) in [7, 11) is -2.69. The zero-order chi connectivity index (χ0) is 31.0. The van der Waals surface area contributed by atoms with E-state index in [1.54, 1.807) is 30.3 Å². The van der Waals surface area contributed by atoms with Crippen molar-refractivity contribution < 1.29 is 22.7 Å². The van der Waals surface area contributed by atoms with Gasteiger partial charge in [-0.25, -0.2) is 8.42 Å². The molecule has 3 aromatic carbocycles. The molecule has 1 saturated carbocycles. The van der Waals surface area contributed by atoms with Crippen molar-refractivity contribution >= 4 is 43.5 Å². The summed E-state index contributed by atoms with van der Waals surface area (Å²) in [5, 5.41) is 3.17. The number of hydrogen-bond donors (Lipinski definition) is 1. The number of methoxy groups -OCH3 is 1. The maximum Gasteiger partial charge on any atom is 0.264 e. The van der Waals surface area contributed by atoms with Crippen LogP contribution in [0, 0.1) is 6.92 Å². The molecule has 3 aromatic rings. The summed E-state index contributed by atoms with van der Waals surface area (Å²) < 4.78 is 35.1. The third-order valence-electron chi connectivity index (χ3n) is 7.85. The fourth-order valence-electron chi connectivity index (χ4n) is 5.42. The van der Waals surface area contributed by atoms with Gasteiger partial charge in [0, 0.05) is 12.6 Å². The highest BCUT2D eigenvalue weighted by atomic mass is 79.9. The second-order valence-electron chi connectivity index (χ2n) is 10.9. The van der Waals surface area contributed by atoms with Gasteiger partial charge in [-0.1, -0.05) is 74.2 Å². The molecule has 0 bridgehead atoms. The summed E-state index contributed by atoms with van der Waals surface area (Å²) in [6.45, 7) is 3.48. The largest absolute Gasteiger partial charge is 0.496 e. The Balaban J connectivity index is 1.70. The van der Waals surface area contributed by atoms with E-state index in [1.165, 1.54) is 24.1 Å². The van der Waals surface area contributed by atoms with Crippen molar-refractivity contribution in [1.82, 2.24) is 10.2 Å². The van der Waals surface area contributed by atoms with Crippen LogP contribution in [0.1, 0.15) is 56.6 Å². The number of sulfonamides is 1. The highest BCUT2D eigenvalue weighted by molar-refractivity contribution is 9.10. The topological polar surface area (TPSA) is 96.0 Å². The van der Waals surface area contributed by atoms with E-state index >= 15 is 0 Å². The molecule has 230 valence electrons. The van der Waals surface area contributed by atoms with Gasteiger partial charge in [-0.2, -0.15) is 0 Å². The van der Waals surface area contributed by atoms with Crippen LogP contribution in [0.5, 0.6) is 5.75 Å². The summed E-state index contributed by atoms with van der Waals surface area (Å²) >= 11 is 3.38.